The summed E-state index contributed by atoms with van der Waals surface area (Å²) < 4.78 is 0. The molecule has 0 radical (unpaired) electrons. The molecule has 9 heteroatoms. The van der Waals surface area contributed by atoms with E-state index in [-0.39, 0.29) is 36.6 Å². The summed E-state index contributed by atoms with van der Waals surface area (Å²) >= 11 is 0. The van der Waals surface area contributed by atoms with Crippen molar-refractivity contribution in [1.82, 2.24) is 9.80 Å². The summed E-state index contributed by atoms with van der Waals surface area (Å²) in [5.74, 6) is -0.927. The summed E-state index contributed by atoms with van der Waals surface area (Å²) in [6.07, 6.45) is 7.65. The van der Waals surface area contributed by atoms with E-state index >= 15 is 4.79 Å². The molecular formula is C37H43N3O6. The quantitative estimate of drug-likeness (QED) is 0.479. The molecule has 0 aromatic heterocycles. The molecule has 0 unspecified atom stereocenters. The SMILES string of the molecule is CC(=O)N1[C@H](CC23CC4CC(CC(C4)C2)C3)C(=O)N(Cc2ccccc2)c2ccccc2C(=O)C[C@H]1C(=O)N1CCC[C@H]1C(=O)O. The molecule has 242 valence electrons. The summed E-state index contributed by atoms with van der Waals surface area (Å²) in [6, 6.07) is 13.3. The summed E-state index contributed by atoms with van der Waals surface area (Å²) in [5, 5.41) is 9.94. The Morgan fingerprint density at radius 1 is 0.870 bits per heavy atom. The van der Waals surface area contributed by atoms with Gasteiger partial charge in [0.25, 0.3) is 0 Å². The van der Waals surface area contributed by atoms with Gasteiger partial charge >= 0.3 is 5.97 Å². The highest BCUT2D eigenvalue weighted by molar-refractivity contribution is 6.10. The molecule has 4 saturated carbocycles. The Labute approximate surface area is 269 Å². The van der Waals surface area contributed by atoms with Gasteiger partial charge in [-0.05, 0) is 98.7 Å². The van der Waals surface area contributed by atoms with Gasteiger partial charge < -0.3 is 19.8 Å². The molecule has 2 heterocycles. The van der Waals surface area contributed by atoms with Gasteiger partial charge in [-0.25, -0.2) is 4.79 Å². The van der Waals surface area contributed by atoms with E-state index in [2.05, 4.69) is 0 Å². The van der Waals surface area contributed by atoms with Gasteiger partial charge in [-0.3, -0.25) is 19.2 Å². The van der Waals surface area contributed by atoms with E-state index in [1.54, 1.807) is 29.2 Å². The number of anilines is 1. The molecule has 3 amide bonds. The molecule has 0 spiro atoms. The van der Waals surface area contributed by atoms with Crippen LogP contribution in [-0.4, -0.2) is 69.1 Å². The Balaban J connectivity index is 1.36. The van der Waals surface area contributed by atoms with Crippen LogP contribution in [0, 0.1) is 23.2 Å². The first-order valence-corrected chi connectivity index (χ1v) is 16.9. The molecule has 8 rings (SSSR count). The largest absolute Gasteiger partial charge is 0.480 e. The van der Waals surface area contributed by atoms with Crippen LogP contribution in [0.25, 0.3) is 0 Å². The number of carboxylic acids is 1. The number of carbonyl (C=O) groups excluding carboxylic acids is 4. The Kier molecular flexibility index (Phi) is 7.97. The monoisotopic (exact) mass is 625 g/mol. The minimum absolute atomic E-state index is 0.121. The van der Waals surface area contributed by atoms with Crippen molar-refractivity contribution in [2.45, 2.75) is 95.8 Å². The molecule has 9 nitrogen and oxygen atoms in total. The number of para-hydroxylation sites is 1. The number of carboxylic acid groups (broad SMARTS) is 1. The van der Waals surface area contributed by atoms with E-state index in [0.717, 1.165) is 24.8 Å². The zero-order valence-corrected chi connectivity index (χ0v) is 26.5. The Hall–Kier alpha value is -4.01. The van der Waals surface area contributed by atoms with Gasteiger partial charge in [-0.15, -0.1) is 0 Å². The number of rotatable bonds is 6. The van der Waals surface area contributed by atoms with Crippen molar-refractivity contribution in [3.05, 3.63) is 65.7 Å². The van der Waals surface area contributed by atoms with Crippen molar-refractivity contribution in [3.63, 3.8) is 0 Å². The third kappa shape index (κ3) is 5.52. The molecule has 2 aromatic carbocycles. The maximum absolute atomic E-state index is 15.2. The maximum Gasteiger partial charge on any atom is 0.326 e. The number of aliphatic carboxylic acids is 1. The maximum atomic E-state index is 15.2. The number of fused-ring (bicyclic) bond motifs is 1. The number of amides is 3. The third-order valence-corrected chi connectivity index (χ3v) is 11.5. The van der Waals surface area contributed by atoms with Crippen molar-refractivity contribution in [3.8, 4) is 0 Å². The molecule has 46 heavy (non-hydrogen) atoms. The molecule has 1 saturated heterocycles. The van der Waals surface area contributed by atoms with Crippen molar-refractivity contribution < 1.29 is 29.1 Å². The zero-order chi connectivity index (χ0) is 32.2. The minimum Gasteiger partial charge on any atom is -0.480 e. The van der Waals surface area contributed by atoms with E-state index < -0.39 is 35.9 Å². The molecule has 3 atom stereocenters. The van der Waals surface area contributed by atoms with Crippen molar-refractivity contribution in [2.75, 3.05) is 11.4 Å². The van der Waals surface area contributed by atoms with Crippen molar-refractivity contribution in [2.24, 2.45) is 23.2 Å². The molecule has 5 fully saturated rings. The van der Waals surface area contributed by atoms with Crippen LogP contribution in [0.3, 0.4) is 0 Å². The third-order valence-electron chi connectivity index (χ3n) is 11.5. The molecule has 4 aliphatic carbocycles. The highest BCUT2D eigenvalue weighted by Gasteiger charge is 2.55. The number of hydrogen-bond acceptors (Lipinski definition) is 5. The van der Waals surface area contributed by atoms with Crippen LogP contribution in [-0.2, 0) is 25.7 Å². The van der Waals surface area contributed by atoms with Crippen LogP contribution in [0.4, 0.5) is 5.69 Å². The number of ketones is 1. The van der Waals surface area contributed by atoms with Gasteiger partial charge in [-0.1, -0.05) is 42.5 Å². The average Bonchev–Trinajstić information content (AvgIpc) is 3.53. The van der Waals surface area contributed by atoms with Crippen LogP contribution in [0.2, 0.25) is 0 Å². The van der Waals surface area contributed by atoms with Gasteiger partial charge in [0.15, 0.2) is 5.78 Å². The van der Waals surface area contributed by atoms with Crippen molar-refractivity contribution in [1.29, 1.82) is 0 Å². The Morgan fingerprint density at radius 2 is 1.50 bits per heavy atom. The lowest BCUT2D eigenvalue weighted by Crippen LogP contribution is -2.61. The summed E-state index contributed by atoms with van der Waals surface area (Å²) in [5.41, 5.74) is 1.55. The molecule has 2 aliphatic heterocycles. The van der Waals surface area contributed by atoms with Gasteiger partial charge in [-0.2, -0.15) is 0 Å². The van der Waals surface area contributed by atoms with Crippen LogP contribution < -0.4 is 4.90 Å². The minimum atomic E-state index is -1.28. The van der Waals surface area contributed by atoms with Crippen molar-refractivity contribution >= 4 is 35.2 Å². The number of carbonyl (C=O) groups is 5. The predicted octanol–water partition coefficient (Wildman–Crippen LogP) is 5.07. The first-order valence-electron chi connectivity index (χ1n) is 16.9. The summed E-state index contributed by atoms with van der Waals surface area (Å²) in [4.78, 5) is 74.2. The van der Waals surface area contributed by atoms with Gasteiger partial charge in [0.05, 0.1) is 12.2 Å². The van der Waals surface area contributed by atoms with Crippen LogP contribution in [0.15, 0.2) is 54.6 Å². The van der Waals surface area contributed by atoms with E-state index in [1.807, 2.05) is 30.3 Å². The van der Waals surface area contributed by atoms with E-state index in [0.29, 0.717) is 48.3 Å². The molecular weight excluding hydrogens is 582 g/mol. The van der Waals surface area contributed by atoms with E-state index in [1.165, 1.54) is 36.0 Å². The van der Waals surface area contributed by atoms with Crippen LogP contribution in [0.5, 0.6) is 0 Å². The van der Waals surface area contributed by atoms with E-state index in [4.69, 9.17) is 0 Å². The van der Waals surface area contributed by atoms with Crippen LogP contribution in [0.1, 0.15) is 87.1 Å². The molecule has 4 bridgehead atoms. The second-order valence-electron chi connectivity index (χ2n) is 14.7. The smallest absolute Gasteiger partial charge is 0.326 e. The van der Waals surface area contributed by atoms with E-state index in [9.17, 15) is 24.3 Å². The highest BCUT2D eigenvalue weighted by atomic mass is 16.4. The normalized spacial score (nSPS) is 32.2. The topological polar surface area (TPSA) is 115 Å². The lowest BCUT2D eigenvalue weighted by Gasteiger charge is -2.58. The Morgan fingerprint density at radius 3 is 2.13 bits per heavy atom. The fraction of sp³-hybridized carbons (Fsp3) is 0.541. The lowest BCUT2D eigenvalue weighted by molar-refractivity contribution is -0.156. The summed E-state index contributed by atoms with van der Waals surface area (Å²) in [7, 11) is 0. The van der Waals surface area contributed by atoms with Gasteiger partial charge in [0, 0.05) is 25.5 Å². The predicted molar refractivity (Wildman–Crippen MR) is 171 cm³/mol. The molecule has 6 aliphatic rings. The second-order valence-corrected chi connectivity index (χ2v) is 14.7. The van der Waals surface area contributed by atoms with Crippen LogP contribution >= 0.6 is 0 Å². The first kappa shape index (κ1) is 30.6. The van der Waals surface area contributed by atoms with Gasteiger partial charge in [0.1, 0.15) is 18.1 Å². The number of nitrogens with zero attached hydrogens (tertiary/aromatic N) is 3. The average molecular weight is 626 g/mol. The number of hydrogen-bond donors (Lipinski definition) is 1. The summed E-state index contributed by atoms with van der Waals surface area (Å²) in [6.45, 7) is 1.81. The molecule has 2 aromatic rings. The first-order chi connectivity index (χ1) is 22.1. The number of likely N-dealkylation sites (tertiary alicyclic amines) is 1. The zero-order valence-electron chi connectivity index (χ0n) is 26.5. The Bertz CT molecular complexity index is 1520. The number of benzene rings is 2. The standard InChI is InChI=1S/C37H43N3O6/c1-23(41)40-31(34(43)38-13-7-12-30(38)36(45)46)17-33(42)28-10-5-6-11-29(28)39(22-24-8-3-2-4-9-24)35(44)32(40)21-37-18-25-14-26(19-37)16-27(15-25)20-37/h2-6,8-11,25-27,30-32H,7,12-22H2,1H3,(H,45,46)/t25?,26?,27?,30-,31-,32+,37?/m0/s1. The fourth-order valence-electron chi connectivity index (χ4n) is 10.2. The lowest BCUT2D eigenvalue weighted by atomic mass is 9.48. The number of Topliss-reactive ketones (excluding diaryl/α,β-unsaturated/α-hetero) is 1. The second kappa shape index (κ2) is 12.0. The van der Waals surface area contributed by atoms with Gasteiger partial charge in [0.2, 0.25) is 17.7 Å². The highest BCUT2D eigenvalue weighted by Crippen LogP contribution is 2.62. The molecule has 1 N–H and O–H groups in total. The fourth-order valence-corrected chi connectivity index (χ4v) is 10.2.